The summed E-state index contributed by atoms with van der Waals surface area (Å²) in [6.45, 7) is 7.61. The van der Waals surface area contributed by atoms with Crippen LogP contribution in [0.1, 0.15) is 45.3 Å². The highest BCUT2D eigenvalue weighted by Crippen LogP contribution is 2.40. The molecule has 2 fully saturated rings. The summed E-state index contributed by atoms with van der Waals surface area (Å²) in [5.41, 5.74) is 1.57. The summed E-state index contributed by atoms with van der Waals surface area (Å²) in [4.78, 5) is 44.4. The first kappa shape index (κ1) is 25.9. The molecule has 2 N–H and O–H groups in total. The molecule has 2 aliphatic rings. The number of rotatable bonds is 7. The standard InChI is InChI=1S/C26H30ClN3O6/c1-15-19(16(2)28-21(15)26(34)35-3)23(31)20-22(17-6-4-7-18(27)14-17)30(25(33)24(20)32)9-5-8-29-10-12-36-13-11-29/h4,6-7,14,22,28,31H,5,8-13H2,1-3H3. The van der Waals surface area contributed by atoms with Crippen LogP contribution in [-0.2, 0) is 19.1 Å². The van der Waals surface area contributed by atoms with E-state index in [9.17, 15) is 19.5 Å². The van der Waals surface area contributed by atoms with Gasteiger partial charge in [0.2, 0.25) is 5.78 Å². The minimum atomic E-state index is -0.869. The molecule has 1 unspecified atom stereocenters. The van der Waals surface area contributed by atoms with Crippen molar-refractivity contribution in [3.8, 4) is 0 Å². The highest BCUT2D eigenvalue weighted by atomic mass is 35.5. The molecular weight excluding hydrogens is 486 g/mol. The zero-order chi connectivity index (χ0) is 26.0. The number of esters is 1. The van der Waals surface area contributed by atoms with Gasteiger partial charge in [-0.25, -0.2) is 4.79 Å². The molecule has 10 heteroatoms. The Kier molecular flexibility index (Phi) is 7.82. The van der Waals surface area contributed by atoms with Crippen LogP contribution in [0.3, 0.4) is 0 Å². The molecular formula is C26H30ClN3O6. The largest absolute Gasteiger partial charge is 0.872 e. The first-order chi connectivity index (χ1) is 17.2. The maximum absolute atomic E-state index is 13.8. The van der Waals surface area contributed by atoms with Crippen molar-refractivity contribution in [2.45, 2.75) is 26.3 Å². The SMILES string of the molecule is COC(=O)c1[nH]c(C)c(C([O-])=C2C(=O)C(=O)N(CCC[NH+]3CCOCC3)C2c2cccc(Cl)c2)c1C. The van der Waals surface area contributed by atoms with Gasteiger partial charge in [0.15, 0.2) is 0 Å². The number of amides is 1. The zero-order valence-corrected chi connectivity index (χ0v) is 21.4. The number of nitrogens with one attached hydrogen (secondary N) is 2. The molecule has 1 atom stereocenters. The number of benzene rings is 1. The van der Waals surface area contributed by atoms with Crippen molar-refractivity contribution in [3.05, 3.63) is 62.9 Å². The predicted molar refractivity (Wildman–Crippen MR) is 130 cm³/mol. The van der Waals surface area contributed by atoms with Gasteiger partial charge < -0.3 is 29.4 Å². The second-order valence-electron chi connectivity index (χ2n) is 9.11. The normalized spacial score (nSPS) is 20.2. The van der Waals surface area contributed by atoms with Crippen molar-refractivity contribution < 1.29 is 33.9 Å². The van der Waals surface area contributed by atoms with Crippen molar-refractivity contribution >= 4 is 35.0 Å². The van der Waals surface area contributed by atoms with E-state index in [4.69, 9.17) is 21.1 Å². The number of likely N-dealkylation sites (tertiary alicyclic amines) is 1. The Labute approximate surface area is 214 Å². The van der Waals surface area contributed by atoms with Crippen molar-refractivity contribution in [1.82, 2.24) is 9.88 Å². The van der Waals surface area contributed by atoms with Gasteiger partial charge in [-0.05, 0) is 42.7 Å². The van der Waals surface area contributed by atoms with E-state index in [1.54, 1.807) is 38.1 Å². The molecule has 0 spiro atoms. The molecule has 192 valence electrons. The van der Waals surface area contributed by atoms with Crippen LogP contribution in [0, 0.1) is 13.8 Å². The van der Waals surface area contributed by atoms with E-state index in [0.29, 0.717) is 48.0 Å². The lowest BCUT2D eigenvalue weighted by Crippen LogP contribution is -3.14. The number of aromatic amines is 1. The van der Waals surface area contributed by atoms with Crippen LogP contribution in [0.25, 0.3) is 5.76 Å². The number of quaternary nitrogens is 1. The van der Waals surface area contributed by atoms with E-state index in [1.807, 2.05) is 0 Å². The Morgan fingerprint density at radius 1 is 1.28 bits per heavy atom. The summed E-state index contributed by atoms with van der Waals surface area (Å²) in [6.07, 6.45) is 0.668. The first-order valence-electron chi connectivity index (χ1n) is 12.0. The number of hydrogen-bond acceptors (Lipinski definition) is 6. The average molecular weight is 516 g/mol. The molecule has 1 amide bonds. The number of hydrogen-bond donors (Lipinski definition) is 2. The summed E-state index contributed by atoms with van der Waals surface area (Å²) in [5, 5.41) is 14.3. The number of aromatic nitrogens is 1. The zero-order valence-electron chi connectivity index (χ0n) is 20.6. The molecule has 0 radical (unpaired) electrons. The van der Waals surface area contributed by atoms with Gasteiger partial charge in [0.1, 0.15) is 18.8 Å². The maximum Gasteiger partial charge on any atom is 0.354 e. The molecule has 1 aromatic heterocycles. The molecule has 0 bridgehead atoms. The highest BCUT2D eigenvalue weighted by molar-refractivity contribution is 6.46. The van der Waals surface area contributed by atoms with Crippen molar-refractivity contribution in [1.29, 1.82) is 0 Å². The number of morpholine rings is 1. The van der Waals surface area contributed by atoms with Crippen LogP contribution in [-0.4, -0.2) is 74.0 Å². The van der Waals surface area contributed by atoms with E-state index in [1.165, 1.54) is 16.9 Å². The Morgan fingerprint density at radius 3 is 2.67 bits per heavy atom. The van der Waals surface area contributed by atoms with Gasteiger partial charge in [0.05, 0.1) is 32.9 Å². The summed E-state index contributed by atoms with van der Waals surface area (Å²) < 4.78 is 10.2. The van der Waals surface area contributed by atoms with E-state index < -0.39 is 29.5 Å². The van der Waals surface area contributed by atoms with Crippen LogP contribution in [0.5, 0.6) is 0 Å². The van der Waals surface area contributed by atoms with Crippen molar-refractivity contribution in [2.75, 3.05) is 46.5 Å². The second-order valence-corrected chi connectivity index (χ2v) is 9.55. The number of aryl methyl sites for hydroxylation is 1. The van der Waals surface area contributed by atoms with Crippen molar-refractivity contribution in [3.63, 3.8) is 0 Å². The smallest absolute Gasteiger partial charge is 0.354 e. The molecule has 2 aromatic rings. The summed E-state index contributed by atoms with van der Waals surface area (Å²) >= 11 is 6.24. The Balaban J connectivity index is 1.75. The number of ketones is 1. The number of nitrogens with zero attached hydrogens (tertiary/aromatic N) is 1. The van der Waals surface area contributed by atoms with Crippen LogP contribution < -0.4 is 10.0 Å². The van der Waals surface area contributed by atoms with Crippen LogP contribution in [0.15, 0.2) is 29.8 Å². The van der Waals surface area contributed by atoms with Gasteiger partial charge in [-0.1, -0.05) is 29.5 Å². The maximum atomic E-state index is 13.8. The fourth-order valence-corrected chi connectivity index (χ4v) is 5.26. The van der Waals surface area contributed by atoms with E-state index in [0.717, 1.165) is 19.6 Å². The molecule has 2 aliphatic heterocycles. The molecule has 9 nitrogen and oxygen atoms in total. The molecule has 36 heavy (non-hydrogen) atoms. The Morgan fingerprint density at radius 2 is 2.00 bits per heavy atom. The third-order valence-electron chi connectivity index (χ3n) is 6.88. The predicted octanol–water partition coefficient (Wildman–Crippen LogP) is 0.601. The van der Waals surface area contributed by atoms with Crippen LogP contribution in [0.2, 0.25) is 5.02 Å². The second kappa shape index (κ2) is 10.9. The van der Waals surface area contributed by atoms with Gasteiger partial charge in [0, 0.05) is 29.3 Å². The van der Waals surface area contributed by atoms with Crippen LogP contribution in [0.4, 0.5) is 0 Å². The molecule has 0 saturated carbocycles. The fraction of sp³-hybridized carbons (Fsp3) is 0.423. The molecule has 0 aliphatic carbocycles. The van der Waals surface area contributed by atoms with Crippen molar-refractivity contribution in [2.24, 2.45) is 0 Å². The van der Waals surface area contributed by atoms with Gasteiger partial charge in [-0.3, -0.25) is 9.59 Å². The topological polar surface area (TPSA) is 116 Å². The lowest BCUT2D eigenvalue weighted by Gasteiger charge is -2.29. The number of halogens is 1. The summed E-state index contributed by atoms with van der Waals surface area (Å²) in [6, 6.07) is 5.98. The lowest BCUT2D eigenvalue weighted by molar-refractivity contribution is -0.908. The van der Waals surface area contributed by atoms with E-state index in [2.05, 4.69) is 4.98 Å². The third kappa shape index (κ3) is 4.91. The first-order valence-corrected chi connectivity index (χ1v) is 12.3. The van der Waals surface area contributed by atoms with E-state index >= 15 is 0 Å². The molecule has 1 aromatic carbocycles. The summed E-state index contributed by atoms with van der Waals surface area (Å²) in [7, 11) is 1.25. The highest BCUT2D eigenvalue weighted by Gasteiger charge is 2.44. The number of carbonyl (C=O) groups excluding carboxylic acids is 3. The molecule has 4 rings (SSSR count). The average Bonchev–Trinajstić information content (AvgIpc) is 3.31. The van der Waals surface area contributed by atoms with Gasteiger partial charge in [-0.2, -0.15) is 0 Å². The fourth-order valence-electron chi connectivity index (χ4n) is 5.07. The van der Waals surface area contributed by atoms with Gasteiger partial charge in [0.25, 0.3) is 5.91 Å². The van der Waals surface area contributed by atoms with Crippen LogP contribution >= 0.6 is 11.6 Å². The number of carbonyl (C=O) groups is 3. The Hall–Kier alpha value is -3.14. The number of methoxy groups -OCH3 is 1. The number of H-pyrrole nitrogens is 1. The van der Waals surface area contributed by atoms with Gasteiger partial charge >= 0.3 is 5.97 Å². The third-order valence-corrected chi connectivity index (χ3v) is 7.11. The number of Topliss-reactive ketones (excluding diaryl/α,β-unsaturated/α-hetero) is 1. The lowest BCUT2D eigenvalue weighted by atomic mass is 9.94. The monoisotopic (exact) mass is 515 g/mol. The summed E-state index contributed by atoms with van der Waals surface area (Å²) in [5.74, 6) is -2.74. The quantitative estimate of drug-likeness (QED) is 0.241. The molecule has 2 saturated heterocycles. The minimum absolute atomic E-state index is 0.136. The van der Waals surface area contributed by atoms with E-state index in [-0.39, 0.29) is 16.8 Å². The Bertz CT molecular complexity index is 1210. The minimum Gasteiger partial charge on any atom is -0.872 e. The number of ether oxygens (including phenoxy) is 2. The van der Waals surface area contributed by atoms with Gasteiger partial charge in [-0.15, -0.1) is 0 Å². The molecule has 3 heterocycles.